The van der Waals surface area contributed by atoms with Crippen molar-refractivity contribution in [3.05, 3.63) is 23.2 Å². The lowest BCUT2D eigenvalue weighted by Crippen LogP contribution is -2.15. The predicted octanol–water partition coefficient (Wildman–Crippen LogP) is 3.18. The minimum Gasteiger partial charge on any atom is -0.481 e. The molecule has 112 valence electrons. The van der Waals surface area contributed by atoms with Gasteiger partial charge in [-0.2, -0.15) is 0 Å². The summed E-state index contributed by atoms with van der Waals surface area (Å²) in [6.45, 7) is 4.19. The van der Waals surface area contributed by atoms with Gasteiger partial charge in [0.2, 0.25) is 5.91 Å². The molecule has 0 bridgehead atoms. The zero-order valence-electron chi connectivity index (χ0n) is 11.8. The van der Waals surface area contributed by atoms with E-state index in [9.17, 15) is 9.59 Å². The number of benzene rings is 1. The molecule has 21 heavy (non-hydrogen) atoms. The van der Waals surface area contributed by atoms with Crippen molar-refractivity contribution in [2.45, 2.75) is 19.8 Å². The first-order valence-electron chi connectivity index (χ1n) is 6.45. The van der Waals surface area contributed by atoms with Crippen LogP contribution in [0.25, 0.3) is 10.2 Å². The molecule has 1 aromatic heterocycles. The Labute approximate surface area is 130 Å². The number of rotatable bonds is 6. The van der Waals surface area contributed by atoms with Crippen LogP contribution in [0, 0.1) is 0 Å². The van der Waals surface area contributed by atoms with E-state index in [1.54, 1.807) is 11.3 Å². The molecule has 1 heterocycles. The van der Waals surface area contributed by atoms with Gasteiger partial charge in [-0.25, -0.2) is 4.98 Å². The van der Waals surface area contributed by atoms with Crippen LogP contribution in [0.3, 0.4) is 0 Å². The van der Waals surface area contributed by atoms with Gasteiger partial charge in [0, 0.05) is 11.6 Å². The maximum Gasteiger partial charge on any atom is 0.313 e. The molecule has 0 unspecified atom stereocenters. The number of carbonyl (C=O) groups is 2. The molecule has 0 spiro atoms. The number of amides is 1. The van der Waals surface area contributed by atoms with Crippen LogP contribution in [-0.2, 0) is 9.59 Å². The Morgan fingerprint density at radius 3 is 2.81 bits per heavy atom. The molecule has 1 aromatic carbocycles. The van der Waals surface area contributed by atoms with Crippen molar-refractivity contribution in [2.75, 3.05) is 16.8 Å². The summed E-state index contributed by atoms with van der Waals surface area (Å²) >= 11 is 2.70. The molecule has 2 rings (SSSR count). The van der Waals surface area contributed by atoms with Crippen molar-refractivity contribution in [1.29, 1.82) is 0 Å². The Balaban J connectivity index is 2.02. The first-order valence-corrected chi connectivity index (χ1v) is 8.42. The summed E-state index contributed by atoms with van der Waals surface area (Å²) in [6, 6.07) is 5.60. The molecular weight excluding hydrogens is 308 g/mol. The van der Waals surface area contributed by atoms with Crippen LogP contribution in [0.5, 0.6) is 0 Å². The second-order valence-corrected chi connectivity index (χ2v) is 6.87. The van der Waals surface area contributed by atoms with Crippen LogP contribution < -0.4 is 5.32 Å². The topological polar surface area (TPSA) is 79.3 Å². The second-order valence-electron chi connectivity index (χ2n) is 4.82. The minimum absolute atomic E-state index is 0.0704. The van der Waals surface area contributed by atoms with Crippen LogP contribution >= 0.6 is 23.1 Å². The molecule has 0 saturated carbocycles. The van der Waals surface area contributed by atoms with Crippen LogP contribution in [-0.4, -0.2) is 33.5 Å². The number of nitrogens with one attached hydrogen (secondary N) is 1. The van der Waals surface area contributed by atoms with Crippen molar-refractivity contribution < 1.29 is 14.7 Å². The van der Waals surface area contributed by atoms with Crippen LogP contribution in [0.1, 0.15) is 24.8 Å². The molecule has 1 amide bonds. The van der Waals surface area contributed by atoms with E-state index in [2.05, 4.69) is 24.1 Å². The lowest BCUT2D eigenvalue weighted by Gasteiger charge is -2.04. The molecule has 2 aromatic rings. The van der Waals surface area contributed by atoms with Gasteiger partial charge in [-0.15, -0.1) is 23.1 Å². The average molecular weight is 324 g/mol. The molecular formula is C14H16N2O3S2. The molecule has 0 saturated heterocycles. The van der Waals surface area contributed by atoms with Gasteiger partial charge in [0.15, 0.2) is 0 Å². The smallest absolute Gasteiger partial charge is 0.313 e. The fraction of sp³-hybridized carbons (Fsp3) is 0.357. The summed E-state index contributed by atoms with van der Waals surface area (Å²) in [5.74, 6) is -0.675. The quantitative estimate of drug-likeness (QED) is 0.853. The molecule has 0 aliphatic heterocycles. The first kappa shape index (κ1) is 15.8. The summed E-state index contributed by atoms with van der Waals surface area (Å²) in [6.07, 6.45) is 0. The number of anilines is 1. The summed E-state index contributed by atoms with van der Waals surface area (Å²) in [5.41, 5.74) is 1.64. The summed E-state index contributed by atoms with van der Waals surface area (Å²) < 4.78 is 1.04. The summed E-state index contributed by atoms with van der Waals surface area (Å²) in [4.78, 5) is 26.6. The molecule has 0 fully saturated rings. The van der Waals surface area contributed by atoms with Crippen LogP contribution in [0.15, 0.2) is 18.2 Å². The third-order valence-electron chi connectivity index (χ3n) is 2.64. The van der Waals surface area contributed by atoms with E-state index < -0.39 is 5.97 Å². The van der Waals surface area contributed by atoms with E-state index in [0.717, 1.165) is 27.0 Å². The Morgan fingerprint density at radius 1 is 1.38 bits per heavy atom. The minimum atomic E-state index is -0.917. The zero-order valence-corrected chi connectivity index (χ0v) is 13.4. The highest BCUT2D eigenvalue weighted by Gasteiger charge is 2.09. The lowest BCUT2D eigenvalue weighted by molar-refractivity contribution is -0.133. The highest BCUT2D eigenvalue weighted by molar-refractivity contribution is 8.00. The number of aliphatic carboxylic acids is 1. The maximum absolute atomic E-state index is 11.7. The van der Waals surface area contributed by atoms with Gasteiger partial charge in [0.1, 0.15) is 0 Å². The van der Waals surface area contributed by atoms with Gasteiger partial charge in [0.05, 0.1) is 26.7 Å². The standard InChI is InChI=1S/C14H16N2O3S2/c1-8(2)14-16-10-4-3-9(5-11(10)21-14)15-12(17)6-20-7-13(18)19/h3-5,8H,6-7H2,1-2H3,(H,15,17)(H,18,19). The lowest BCUT2D eigenvalue weighted by atomic mass is 10.2. The van der Waals surface area contributed by atoms with Crippen LogP contribution in [0.4, 0.5) is 5.69 Å². The Kier molecular flexibility index (Phi) is 5.19. The van der Waals surface area contributed by atoms with E-state index in [0.29, 0.717) is 11.6 Å². The van der Waals surface area contributed by atoms with Crippen molar-refractivity contribution >= 4 is 50.9 Å². The monoisotopic (exact) mass is 324 g/mol. The number of hydrogen-bond donors (Lipinski definition) is 2. The molecule has 0 atom stereocenters. The number of fused-ring (bicyclic) bond motifs is 1. The van der Waals surface area contributed by atoms with E-state index in [1.807, 2.05) is 18.2 Å². The third-order valence-corrected chi connectivity index (χ3v) is 4.88. The number of carbonyl (C=O) groups excluding carboxylic acids is 1. The highest BCUT2D eigenvalue weighted by atomic mass is 32.2. The van der Waals surface area contributed by atoms with Gasteiger partial charge in [-0.1, -0.05) is 13.8 Å². The Bertz CT molecular complexity index is 667. The molecule has 0 aliphatic carbocycles. The predicted molar refractivity (Wildman–Crippen MR) is 87.3 cm³/mol. The second kappa shape index (κ2) is 6.91. The first-order chi connectivity index (χ1) is 9.95. The van der Waals surface area contributed by atoms with Gasteiger partial charge in [-0.05, 0) is 18.2 Å². The molecule has 7 heteroatoms. The SMILES string of the molecule is CC(C)c1nc2ccc(NC(=O)CSCC(=O)O)cc2s1. The number of carboxylic acids is 1. The molecule has 0 aliphatic rings. The summed E-state index contributed by atoms with van der Waals surface area (Å²) in [5, 5.41) is 12.4. The third kappa shape index (κ3) is 4.44. The maximum atomic E-state index is 11.7. The van der Waals surface area contributed by atoms with E-state index in [1.165, 1.54) is 0 Å². The van der Waals surface area contributed by atoms with Crippen molar-refractivity contribution in [3.8, 4) is 0 Å². The molecule has 5 nitrogen and oxygen atoms in total. The number of thioether (sulfide) groups is 1. The number of hydrogen-bond acceptors (Lipinski definition) is 5. The number of thiazole rings is 1. The largest absolute Gasteiger partial charge is 0.481 e. The normalized spacial score (nSPS) is 11.0. The highest BCUT2D eigenvalue weighted by Crippen LogP contribution is 2.29. The van der Waals surface area contributed by atoms with E-state index >= 15 is 0 Å². The van der Waals surface area contributed by atoms with E-state index in [4.69, 9.17) is 5.11 Å². The van der Waals surface area contributed by atoms with E-state index in [-0.39, 0.29) is 17.4 Å². The van der Waals surface area contributed by atoms with Gasteiger partial charge < -0.3 is 10.4 Å². The van der Waals surface area contributed by atoms with Crippen LogP contribution in [0.2, 0.25) is 0 Å². The fourth-order valence-corrected chi connectivity index (χ4v) is 3.24. The van der Waals surface area contributed by atoms with Crippen molar-refractivity contribution in [3.63, 3.8) is 0 Å². The van der Waals surface area contributed by atoms with Gasteiger partial charge in [-0.3, -0.25) is 9.59 Å². The molecule has 0 radical (unpaired) electrons. The van der Waals surface area contributed by atoms with Crippen molar-refractivity contribution in [1.82, 2.24) is 4.98 Å². The van der Waals surface area contributed by atoms with Gasteiger partial charge >= 0.3 is 5.97 Å². The Morgan fingerprint density at radius 2 is 2.14 bits per heavy atom. The molecule has 2 N–H and O–H groups in total. The number of carboxylic acid groups (broad SMARTS) is 1. The summed E-state index contributed by atoms with van der Waals surface area (Å²) in [7, 11) is 0. The Hall–Kier alpha value is -1.60. The fourth-order valence-electron chi connectivity index (χ4n) is 1.70. The number of nitrogens with zero attached hydrogens (tertiary/aromatic N) is 1. The number of aromatic nitrogens is 1. The van der Waals surface area contributed by atoms with Gasteiger partial charge in [0.25, 0.3) is 0 Å². The zero-order chi connectivity index (χ0) is 15.4. The van der Waals surface area contributed by atoms with Crippen molar-refractivity contribution in [2.24, 2.45) is 0 Å². The average Bonchev–Trinajstić information content (AvgIpc) is 2.81.